The number of morpholine rings is 1. The van der Waals surface area contributed by atoms with Crippen LogP contribution in [0.3, 0.4) is 0 Å². The molecule has 2 N–H and O–H groups in total. The summed E-state index contributed by atoms with van der Waals surface area (Å²) in [6.07, 6.45) is 5.57. The minimum Gasteiger partial charge on any atom is -0.496 e. The van der Waals surface area contributed by atoms with E-state index >= 15 is 0 Å². The first-order valence-corrected chi connectivity index (χ1v) is 12.6. The molecule has 2 fully saturated rings. The summed E-state index contributed by atoms with van der Waals surface area (Å²) < 4.78 is 24.3. The Morgan fingerprint density at radius 1 is 1.05 bits per heavy atom. The van der Waals surface area contributed by atoms with Gasteiger partial charge in [-0.25, -0.2) is 14.4 Å². The van der Waals surface area contributed by atoms with Crippen LogP contribution in [0.1, 0.15) is 36.0 Å². The molecule has 1 saturated carbocycles. The fourth-order valence-electron chi connectivity index (χ4n) is 4.97. The number of nitrogens with one attached hydrogen (secondary N) is 2. The molecule has 1 amide bonds. The van der Waals surface area contributed by atoms with Crippen molar-refractivity contribution in [2.24, 2.45) is 0 Å². The van der Waals surface area contributed by atoms with Crippen molar-refractivity contribution >= 4 is 17.5 Å². The van der Waals surface area contributed by atoms with Gasteiger partial charge in [0, 0.05) is 42.5 Å². The Labute approximate surface area is 215 Å². The van der Waals surface area contributed by atoms with E-state index in [4.69, 9.17) is 9.47 Å². The second-order valence-electron chi connectivity index (χ2n) is 9.31. The second-order valence-corrected chi connectivity index (χ2v) is 9.31. The standard InChI is InChI=1S/C27H31FN6O3/c1-36-24-16-19(28)4-11-23(24)25-29-17-30-27(33-25)32-21-5-2-18(3-6-21)26(35)31-20-7-9-22(10-8-20)34-12-14-37-15-13-34/h2-6,11,16-17,20,22H,7-10,12-15H2,1H3,(H,31,35)(H,29,30,32,33). The number of hydrogen-bond acceptors (Lipinski definition) is 8. The molecule has 2 aromatic carbocycles. The van der Waals surface area contributed by atoms with Crippen LogP contribution >= 0.6 is 0 Å². The monoisotopic (exact) mass is 506 g/mol. The van der Waals surface area contributed by atoms with Crippen LogP contribution in [0.15, 0.2) is 48.8 Å². The van der Waals surface area contributed by atoms with Crippen LogP contribution in [-0.4, -0.2) is 71.3 Å². The highest BCUT2D eigenvalue weighted by Crippen LogP contribution is 2.29. The third-order valence-electron chi connectivity index (χ3n) is 6.97. The van der Waals surface area contributed by atoms with Crippen molar-refractivity contribution in [1.29, 1.82) is 0 Å². The normalized spacial score (nSPS) is 20.3. The second kappa shape index (κ2) is 11.6. The van der Waals surface area contributed by atoms with E-state index in [-0.39, 0.29) is 11.9 Å². The molecule has 1 saturated heterocycles. The Morgan fingerprint density at radius 3 is 2.54 bits per heavy atom. The van der Waals surface area contributed by atoms with Gasteiger partial charge in [0.25, 0.3) is 5.91 Å². The molecule has 1 aliphatic carbocycles. The molecule has 2 aliphatic rings. The highest BCUT2D eigenvalue weighted by Gasteiger charge is 2.27. The molecule has 194 valence electrons. The van der Waals surface area contributed by atoms with Gasteiger partial charge in [-0.1, -0.05) is 0 Å². The first-order valence-electron chi connectivity index (χ1n) is 12.6. The van der Waals surface area contributed by atoms with Gasteiger partial charge in [0.2, 0.25) is 5.95 Å². The number of carbonyl (C=O) groups is 1. The third-order valence-corrected chi connectivity index (χ3v) is 6.97. The smallest absolute Gasteiger partial charge is 0.251 e. The molecule has 0 radical (unpaired) electrons. The Morgan fingerprint density at radius 2 is 1.81 bits per heavy atom. The van der Waals surface area contributed by atoms with Crippen molar-refractivity contribution in [2.45, 2.75) is 37.8 Å². The van der Waals surface area contributed by atoms with Gasteiger partial charge in [0.15, 0.2) is 5.82 Å². The SMILES string of the molecule is COc1cc(F)ccc1-c1ncnc(Nc2ccc(C(=O)NC3CCC(N4CCOCC4)CC3)cc2)n1. The Hall–Kier alpha value is -3.63. The maximum atomic E-state index is 13.5. The number of amides is 1. The van der Waals surface area contributed by atoms with E-state index < -0.39 is 5.82 Å². The lowest BCUT2D eigenvalue weighted by atomic mass is 9.89. The number of methoxy groups -OCH3 is 1. The molecule has 0 spiro atoms. The van der Waals surface area contributed by atoms with E-state index in [9.17, 15) is 9.18 Å². The van der Waals surface area contributed by atoms with E-state index in [0.717, 1.165) is 57.7 Å². The summed E-state index contributed by atoms with van der Waals surface area (Å²) in [5, 5.41) is 6.32. The number of rotatable bonds is 7. The van der Waals surface area contributed by atoms with Gasteiger partial charge in [0.05, 0.1) is 25.9 Å². The number of benzene rings is 2. The summed E-state index contributed by atoms with van der Waals surface area (Å²) in [4.78, 5) is 28.1. The zero-order valence-corrected chi connectivity index (χ0v) is 20.8. The van der Waals surface area contributed by atoms with Crippen molar-refractivity contribution in [2.75, 3.05) is 38.7 Å². The number of hydrogen-bond donors (Lipinski definition) is 2. The number of carbonyl (C=O) groups excluding carboxylic acids is 1. The number of aromatic nitrogens is 3. The molecule has 3 aromatic rings. The van der Waals surface area contributed by atoms with Crippen LogP contribution in [0.5, 0.6) is 5.75 Å². The minimum absolute atomic E-state index is 0.0628. The fraction of sp³-hybridized carbons (Fsp3) is 0.407. The lowest BCUT2D eigenvalue weighted by Gasteiger charge is -2.38. The molecular formula is C27H31FN6O3. The van der Waals surface area contributed by atoms with Gasteiger partial charge < -0.3 is 20.1 Å². The number of ether oxygens (including phenoxy) is 2. The minimum atomic E-state index is -0.405. The van der Waals surface area contributed by atoms with Crippen molar-refractivity contribution < 1.29 is 18.7 Å². The molecule has 0 unspecified atom stereocenters. The van der Waals surface area contributed by atoms with Gasteiger partial charge >= 0.3 is 0 Å². The van der Waals surface area contributed by atoms with Gasteiger partial charge in [-0.2, -0.15) is 4.98 Å². The number of nitrogens with zero attached hydrogens (tertiary/aromatic N) is 4. The molecule has 2 heterocycles. The summed E-state index contributed by atoms with van der Waals surface area (Å²) in [5.74, 6) is 0.548. The summed E-state index contributed by atoms with van der Waals surface area (Å²) in [7, 11) is 1.47. The molecule has 5 rings (SSSR count). The summed E-state index contributed by atoms with van der Waals surface area (Å²) in [5.41, 5.74) is 1.89. The molecule has 9 nitrogen and oxygen atoms in total. The highest BCUT2D eigenvalue weighted by atomic mass is 19.1. The molecule has 1 aliphatic heterocycles. The number of anilines is 2. The maximum absolute atomic E-state index is 13.5. The van der Waals surface area contributed by atoms with E-state index in [2.05, 4.69) is 30.5 Å². The van der Waals surface area contributed by atoms with Crippen LogP contribution in [0.25, 0.3) is 11.4 Å². The Bertz CT molecular complexity index is 1210. The van der Waals surface area contributed by atoms with Crippen molar-refractivity contribution in [3.05, 3.63) is 60.2 Å². The number of halogens is 1. The van der Waals surface area contributed by atoms with E-state index in [1.807, 2.05) is 12.1 Å². The van der Waals surface area contributed by atoms with Crippen LogP contribution in [-0.2, 0) is 4.74 Å². The van der Waals surface area contributed by atoms with Crippen LogP contribution in [0.4, 0.5) is 16.0 Å². The van der Waals surface area contributed by atoms with E-state index in [1.54, 1.807) is 18.2 Å². The summed E-state index contributed by atoms with van der Waals surface area (Å²) in [6.45, 7) is 3.65. The highest BCUT2D eigenvalue weighted by molar-refractivity contribution is 5.94. The third kappa shape index (κ3) is 6.20. The van der Waals surface area contributed by atoms with Crippen molar-refractivity contribution in [3.8, 4) is 17.1 Å². The summed E-state index contributed by atoms with van der Waals surface area (Å²) in [6, 6.07) is 12.2. The van der Waals surface area contributed by atoms with Crippen LogP contribution in [0.2, 0.25) is 0 Å². The Kier molecular flexibility index (Phi) is 7.86. The quantitative estimate of drug-likeness (QED) is 0.499. The largest absolute Gasteiger partial charge is 0.496 e. The van der Waals surface area contributed by atoms with Gasteiger partial charge in [-0.05, 0) is 62.1 Å². The van der Waals surface area contributed by atoms with E-state index in [0.29, 0.717) is 34.7 Å². The average molecular weight is 507 g/mol. The van der Waals surface area contributed by atoms with Crippen molar-refractivity contribution in [3.63, 3.8) is 0 Å². The predicted octanol–water partition coefficient (Wildman–Crippen LogP) is 3.80. The Balaban J connectivity index is 1.16. The van der Waals surface area contributed by atoms with E-state index in [1.165, 1.54) is 25.6 Å². The first kappa shape index (κ1) is 25.0. The summed E-state index contributed by atoms with van der Waals surface area (Å²) >= 11 is 0. The van der Waals surface area contributed by atoms with Gasteiger partial charge in [-0.15, -0.1) is 0 Å². The predicted molar refractivity (Wildman–Crippen MR) is 137 cm³/mol. The zero-order chi connectivity index (χ0) is 25.6. The molecule has 0 bridgehead atoms. The molecular weight excluding hydrogens is 475 g/mol. The molecule has 1 aromatic heterocycles. The lowest BCUT2D eigenvalue weighted by molar-refractivity contribution is 0.00665. The average Bonchev–Trinajstić information content (AvgIpc) is 2.94. The molecule has 0 atom stereocenters. The molecule has 10 heteroatoms. The van der Waals surface area contributed by atoms with Gasteiger partial charge in [0.1, 0.15) is 17.9 Å². The lowest BCUT2D eigenvalue weighted by Crippen LogP contribution is -2.47. The fourth-order valence-corrected chi connectivity index (χ4v) is 4.97. The van der Waals surface area contributed by atoms with Crippen LogP contribution < -0.4 is 15.4 Å². The maximum Gasteiger partial charge on any atom is 0.251 e. The van der Waals surface area contributed by atoms with Crippen molar-refractivity contribution in [1.82, 2.24) is 25.2 Å². The molecule has 37 heavy (non-hydrogen) atoms. The zero-order valence-electron chi connectivity index (χ0n) is 20.8. The van der Waals surface area contributed by atoms with Crippen LogP contribution in [0, 0.1) is 5.82 Å². The van der Waals surface area contributed by atoms with Gasteiger partial charge in [-0.3, -0.25) is 9.69 Å². The topological polar surface area (TPSA) is 102 Å². The first-order chi connectivity index (χ1) is 18.1.